The first kappa shape index (κ1) is 13.1. The van der Waals surface area contributed by atoms with Crippen LogP contribution in [0.25, 0.3) is 6.08 Å². The van der Waals surface area contributed by atoms with E-state index in [0.29, 0.717) is 18.4 Å². The van der Waals surface area contributed by atoms with Crippen LogP contribution in [0.1, 0.15) is 18.4 Å². The molecule has 1 saturated carbocycles. The predicted molar refractivity (Wildman–Crippen MR) is 81.1 cm³/mol. The van der Waals surface area contributed by atoms with Gasteiger partial charge in [-0.25, -0.2) is 0 Å². The van der Waals surface area contributed by atoms with Gasteiger partial charge in [-0.2, -0.15) is 0 Å². The SMILES string of the molecule is C=CCn1c(O)c(C=C2C[C@H]3C=C[C@@H]2C3)c(=O)[nH]c1=S. The van der Waals surface area contributed by atoms with Crippen LogP contribution in [0.15, 0.2) is 35.2 Å². The molecule has 5 heteroatoms. The predicted octanol–water partition coefficient (Wildman–Crippen LogP) is 2.78. The number of hydrogen-bond donors (Lipinski definition) is 2. The first-order chi connectivity index (χ1) is 9.60. The molecule has 0 unspecified atom stereocenters. The minimum absolute atomic E-state index is 0.0853. The summed E-state index contributed by atoms with van der Waals surface area (Å²) in [5.74, 6) is 0.915. The largest absolute Gasteiger partial charge is 0.494 e. The molecule has 2 bridgehead atoms. The molecule has 2 aliphatic rings. The fourth-order valence-electron chi connectivity index (χ4n) is 3.01. The molecule has 2 N–H and O–H groups in total. The van der Waals surface area contributed by atoms with E-state index in [9.17, 15) is 9.90 Å². The van der Waals surface area contributed by atoms with Gasteiger partial charge in [0.1, 0.15) is 0 Å². The maximum absolute atomic E-state index is 12.0. The summed E-state index contributed by atoms with van der Waals surface area (Å²) >= 11 is 5.06. The Labute approximate surface area is 121 Å². The molecule has 0 spiro atoms. The lowest BCUT2D eigenvalue weighted by Crippen LogP contribution is -2.17. The molecule has 1 aromatic rings. The highest BCUT2D eigenvalue weighted by Gasteiger charge is 2.31. The van der Waals surface area contributed by atoms with Crippen LogP contribution < -0.4 is 5.56 Å². The summed E-state index contributed by atoms with van der Waals surface area (Å²) in [6.45, 7) is 3.99. The van der Waals surface area contributed by atoms with E-state index in [2.05, 4.69) is 23.7 Å². The summed E-state index contributed by atoms with van der Waals surface area (Å²) in [6, 6.07) is 0. The Morgan fingerprint density at radius 3 is 2.95 bits per heavy atom. The van der Waals surface area contributed by atoms with Crippen molar-refractivity contribution in [3.63, 3.8) is 0 Å². The van der Waals surface area contributed by atoms with Crippen LogP contribution in [0.5, 0.6) is 5.88 Å². The van der Waals surface area contributed by atoms with Gasteiger partial charge >= 0.3 is 0 Å². The molecule has 1 fully saturated rings. The van der Waals surface area contributed by atoms with Gasteiger partial charge in [0.2, 0.25) is 5.88 Å². The highest BCUT2D eigenvalue weighted by Crippen LogP contribution is 2.43. The molecule has 0 saturated heterocycles. The van der Waals surface area contributed by atoms with Gasteiger partial charge in [-0.15, -0.1) is 6.58 Å². The maximum atomic E-state index is 12.0. The Morgan fingerprint density at radius 1 is 1.55 bits per heavy atom. The summed E-state index contributed by atoms with van der Waals surface area (Å²) in [4.78, 5) is 14.6. The molecule has 2 aliphatic carbocycles. The average Bonchev–Trinajstić information content (AvgIpc) is 3.01. The highest BCUT2D eigenvalue weighted by molar-refractivity contribution is 7.71. The molecule has 0 radical (unpaired) electrons. The van der Waals surface area contributed by atoms with Crippen LogP contribution in [0.3, 0.4) is 0 Å². The average molecular weight is 288 g/mol. The van der Waals surface area contributed by atoms with Crippen molar-refractivity contribution in [2.75, 3.05) is 0 Å². The van der Waals surface area contributed by atoms with Crippen LogP contribution in [0.4, 0.5) is 0 Å². The topological polar surface area (TPSA) is 58.0 Å². The van der Waals surface area contributed by atoms with Crippen LogP contribution in [0.2, 0.25) is 0 Å². The molecule has 2 atom stereocenters. The lowest BCUT2D eigenvalue weighted by atomic mass is 9.99. The van der Waals surface area contributed by atoms with Crippen molar-refractivity contribution in [1.82, 2.24) is 9.55 Å². The second-order valence-corrected chi connectivity index (χ2v) is 5.69. The number of fused-ring (bicyclic) bond motifs is 2. The number of aromatic hydroxyl groups is 1. The Hall–Kier alpha value is -1.88. The molecule has 3 rings (SSSR count). The van der Waals surface area contributed by atoms with Crippen LogP contribution >= 0.6 is 12.2 Å². The standard InChI is InChI=1S/C15H16N2O2S/c1-2-5-17-14(19)12(13(18)16-15(17)20)8-11-7-9-3-4-10(11)6-9/h2-4,8-10,19H,1,5-7H2,(H,16,18,20)/t9-,10+/m0/s1. The van der Waals surface area contributed by atoms with Crippen molar-refractivity contribution in [2.45, 2.75) is 19.4 Å². The molecule has 1 aromatic heterocycles. The molecule has 104 valence electrons. The number of nitrogens with one attached hydrogen (secondary N) is 1. The molecular weight excluding hydrogens is 272 g/mol. The molecule has 0 aliphatic heterocycles. The summed E-state index contributed by atoms with van der Waals surface area (Å²) in [6.07, 6.45) is 9.95. The molecule has 20 heavy (non-hydrogen) atoms. The Bertz CT molecular complexity index is 739. The summed E-state index contributed by atoms with van der Waals surface area (Å²) in [5.41, 5.74) is 1.16. The molecule has 4 nitrogen and oxygen atoms in total. The van der Waals surface area contributed by atoms with Gasteiger partial charge in [0.25, 0.3) is 5.56 Å². The van der Waals surface area contributed by atoms with Crippen molar-refractivity contribution in [3.8, 4) is 5.88 Å². The van der Waals surface area contributed by atoms with Gasteiger partial charge in [-0.05, 0) is 43.0 Å². The Kier molecular flexibility index (Phi) is 3.22. The van der Waals surface area contributed by atoms with E-state index in [4.69, 9.17) is 12.2 Å². The number of aromatic amines is 1. The third-order valence-electron chi connectivity index (χ3n) is 3.99. The van der Waals surface area contributed by atoms with E-state index in [-0.39, 0.29) is 21.8 Å². The minimum Gasteiger partial charge on any atom is -0.494 e. The van der Waals surface area contributed by atoms with Gasteiger partial charge in [0.15, 0.2) is 4.77 Å². The quantitative estimate of drug-likeness (QED) is 0.664. The van der Waals surface area contributed by atoms with E-state index in [1.54, 1.807) is 6.08 Å². The van der Waals surface area contributed by atoms with E-state index < -0.39 is 0 Å². The second kappa shape index (κ2) is 4.90. The first-order valence-electron chi connectivity index (χ1n) is 6.66. The van der Waals surface area contributed by atoms with Crippen LogP contribution in [-0.2, 0) is 6.54 Å². The number of aromatic nitrogens is 2. The van der Waals surface area contributed by atoms with E-state index >= 15 is 0 Å². The molecule has 0 amide bonds. The molecule has 0 aromatic carbocycles. The van der Waals surface area contributed by atoms with Crippen LogP contribution in [-0.4, -0.2) is 14.7 Å². The van der Waals surface area contributed by atoms with E-state index in [1.807, 2.05) is 6.08 Å². The summed E-state index contributed by atoms with van der Waals surface area (Å²) in [7, 11) is 0. The number of rotatable bonds is 3. The van der Waals surface area contributed by atoms with Crippen molar-refractivity contribution in [1.29, 1.82) is 0 Å². The number of H-pyrrole nitrogens is 1. The number of hydrogen-bond acceptors (Lipinski definition) is 3. The van der Waals surface area contributed by atoms with Gasteiger partial charge < -0.3 is 5.11 Å². The second-order valence-electron chi connectivity index (χ2n) is 5.31. The third kappa shape index (κ3) is 2.08. The fourth-order valence-corrected chi connectivity index (χ4v) is 3.26. The van der Waals surface area contributed by atoms with Gasteiger partial charge in [0, 0.05) is 6.54 Å². The third-order valence-corrected chi connectivity index (χ3v) is 4.32. The zero-order valence-corrected chi connectivity index (χ0v) is 11.8. The summed E-state index contributed by atoms with van der Waals surface area (Å²) in [5, 5.41) is 10.3. The fraction of sp³-hybridized carbons (Fsp3) is 0.333. The number of nitrogens with zero attached hydrogens (tertiary/aromatic N) is 1. The van der Waals surface area contributed by atoms with E-state index in [1.165, 1.54) is 10.1 Å². The first-order valence-corrected chi connectivity index (χ1v) is 7.06. The Morgan fingerprint density at radius 2 is 2.35 bits per heavy atom. The zero-order valence-electron chi connectivity index (χ0n) is 11.0. The smallest absolute Gasteiger partial charge is 0.262 e. The number of allylic oxidation sites excluding steroid dienone is 4. The molecular formula is C15H16N2O2S. The van der Waals surface area contributed by atoms with Crippen molar-refractivity contribution < 1.29 is 5.11 Å². The highest BCUT2D eigenvalue weighted by atomic mass is 32.1. The zero-order chi connectivity index (χ0) is 14.3. The normalized spacial score (nSPS) is 25.5. The van der Waals surface area contributed by atoms with Crippen molar-refractivity contribution in [2.24, 2.45) is 11.8 Å². The Balaban J connectivity index is 2.10. The van der Waals surface area contributed by atoms with Crippen LogP contribution in [0, 0.1) is 16.6 Å². The van der Waals surface area contributed by atoms with E-state index in [0.717, 1.165) is 12.8 Å². The van der Waals surface area contributed by atoms with Crippen molar-refractivity contribution in [3.05, 3.63) is 51.1 Å². The maximum Gasteiger partial charge on any atom is 0.262 e. The van der Waals surface area contributed by atoms with Gasteiger partial charge in [0.05, 0.1) is 5.56 Å². The monoisotopic (exact) mass is 288 g/mol. The van der Waals surface area contributed by atoms with Gasteiger partial charge in [-0.1, -0.05) is 23.8 Å². The lowest BCUT2D eigenvalue weighted by Gasteiger charge is -2.11. The van der Waals surface area contributed by atoms with Gasteiger partial charge in [-0.3, -0.25) is 14.3 Å². The molecule has 1 heterocycles. The van der Waals surface area contributed by atoms with Crippen molar-refractivity contribution >= 4 is 18.3 Å². The summed E-state index contributed by atoms with van der Waals surface area (Å²) < 4.78 is 1.68. The minimum atomic E-state index is -0.341. The lowest BCUT2D eigenvalue weighted by molar-refractivity contribution is 0.412.